The molecule has 1 heterocycles. The van der Waals surface area contributed by atoms with Crippen LogP contribution in [-0.4, -0.2) is 22.0 Å². The monoisotopic (exact) mass is 310 g/mol. The zero-order valence-corrected chi connectivity index (χ0v) is 9.78. The van der Waals surface area contributed by atoms with E-state index in [1.807, 2.05) is 10.2 Å². The molecule has 0 atom stereocenters. The summed E-state index contributed by atoms with van der Waals surface area (Å²) in [6.45, 7) is 0. The third-order valence-electron chi connectivity index (χ3n) is 1.28. The minimum atomic E-state index is -0.381. The van der Waals surface area contributed by atoms with Crippen molar-refractivity contribution in [3.63, 3.8) is 0 Å². The quantitative estimate of drug-likeness (QED) is 0.486. The van der Waals surface area contributed by atoms with Crippen LogP contribution in [0.4, 0.5) is 0 Å². The number of carbonyl (C=O) groups is 1. The molecule has 4 nitrogen and oxygen atoms in total. The maximum absolute atomic E-state index is 10.8. The van der Waals surface area contributed by atoms with E-state index in [1.165, 1.54) is 22.3 Å². The van der Waals surface area contributed by atoms with E-state index in [0.717, 1.165) is 0 Å². The molecule has 1 aromatic rings. The van der Waals surface area contributed by atoms with Crippen LogP contribution in [0.15, 0.2) is 18.5 Å². The van der Waals surface area contributed by atoms with Gasteiger partial charge in [0.25, 0.3) is 0 Å². The molecular formula is C7H7IN2O2S. The molecule has 0 aliphatic carbocycles. The lowest BCUT2D eigenvalue weighted by atomic mass is 10.5. The fraction of sp³-hybridized carbons (Fsp3) is 0.143. The molecule has 0 bridgehead atoms. The summed E-state index contributed by atoms with van der Waals surface area (Å²) in [4.78, 5) is 14.8. The Bertz CT molecular complexity index is 324. The van der Waals surface area contributed by atoms with Gasteiger partial charge >= 0.3 is 5.97 Å². The second-order valence-electron chi connectivity index (χ2n) is 2.04. The average molecular weight is 310 g/mol. The SMILES string of the molecule is COC(=O)/C=C/c1nccn1SI. The van der Waals surface area contributed by atoms with Crippen molar-refractivity contribution in [3.8, 4) is 0 Å². The van der Waals surface area contributed by atoms with Gasteiger partial charge in [-0.2, -0.15) is 0 Å². The number of ether oxygens (including phenoxy) is 1. The number of hydrogen-bond donors (Lipinski definition) is 0. The number of nitrogens with zero attached hydrogens (tertiary/aromatic N) is 2. The summed E-state index contributed by atoms with van der Waals surface area (Å²) in [5.41, 5.74) is 0. The summed E-state index contributed by atoms with van der Waals surface area (Å²) >= 11 is 2.13. The summed E-state index contributed by atoms with van der Waals surface area (Å²) in [5.74, 6) is 0.331. The lowest BCUT2D eigenvalue weighted by molar-refractivity contribution is -0.134. The number of methoxy groups -OCH3 is 1. The third-order valence-corrected chi connectivity index (χ3v) is 3.01. The van der Waals surface area contributed by atoms with Gasteiger partial charge in [-0.1, -0.05) is 0 Å². The van der Waals surface area contributed by atoms with Crippen LogP contribution in [0, 0.1) is 0 Å². The van der Waals surface area contributed by atoms with E-state index < -0.39 is 0 Å². The van der Waals surface area contributed by atoms with Gasteiger partial charge in [0, 0.05) is 48.8 Å². The Labute approximate surface area is 92.1 Å². The van der Waals surface area contributed by atoms with Gasteiger partial charge in [0.15, 0.2) is 0 Å². The molecule has 0 amide bonds. The number of imidazole rings is 1. The third kappa shape index (κ3) is 3.03. The van der Waals surface area contributed by atoms with E-state index in [1.54, 1.807) is 12.3 Å². The molecule has 1 aromatic heterocycles. The standard InChI is InChI=1S/C7H7IN2O2S/c1-12-7(11)3-2-6-9-4-5-10(6)13-8/h2-5H,1H3/b3-2+. The molecule has 0 unspecified atom stereocenters. The number of halogens is 1. The molecule has 0 saturated heterocycles. The van der Waals surface area contributed by atoms with Crippen LogP contribution in [0.2, 0.25) is 0 Å². The highest BCUT2D eigenvalue weighted by molar-refractivity contribution is 14.2. The first-order valence-corrected chi connectivity index (χ1v) is 6.68. The Morgan fingerprint density at radius 1 is 1.85 bits per heavy atom. The molecule has 0 aliphatic rings. The largest absolute Gasteiger partial charge is 0.466 e. The van der Waals surface area contributed by atoms with Crippen molar-refractivity contribution in [2.24, 2.45) is 0 Å². The zero-order valence-electron chi connectivity index (χ0n) is 6.81. The average Bonchev–Trinajstić information content (AvgIpc) is 2.61. The molecular weight excluding hydrogens is 303 g/mol. The maximum atomic E-state index is 10.8. The lowest BCUT2D eigenvalue weighted by Crippen LogP contribution is -1.94. The van der Waals surface area contributed by atoms with E-state index in [4.69, 9.17) is 0 Å². The van der Waals surface area contributed by atoms with Crippen molar-refractivity contribution >= 4 is 42.4 Å². The molecule has 0 spiro atoms. The minimum Gasteiger partial charge on any atom is -0.466 e. The van der Waals surface area contributed by atoms with Gasteiger partial charge in [-0.15, -0.1) is 0 Å². The molecule has 1 rings (SSSR count). The first-order valence-electron chi connectivity index (χ1n) is 3.36. The summed E-state index contributed by atoms with van der Waals surface area (Å²) in [6.07, 6.45) is 6.43. The first-order chi connectivity index (χ1) is 6.27. The Kier molecular flexibility index (Phi) is 4.29. The van der Waals surface area contributed by atoms with Crippen molar-refractivity contribution in [1.29, 1.82) is 0 Å². The van der Waals surface area contributed by atoms with Crippen molar-refractivity contribution in [3.05, 3.63) is 24.3 Å². The highest BCUT2D eigenvalue weighted by Gasteiger charge is 1.98. The van der Waals surface area contributed by atoms with E-state index in [2.05, 4.69) is 30.9 Å². The van der Waals surface area contributed by atoms with Gasteiger partial charge in [-0.3, -0.25) is 3.97 Å². The Balaban J connectivity index is 2.73. The van der Waals surface area contributed by atoms with Gasteiger partial charge in [-0.25, -0.2) is 9.78 Å². The van der Waals surface area contributed by atoms with E-state index in [9.17, 15) is 4.79 Å². The molecule has 0 radical (unpaired) electrons. The van der Waals surface area contributed by atoms with E-state index in [0.29, 0.717) is 5.82 Å². The Morgan fingerprint density at radius 2 is 2.62 bits per heavy atom. The van der Waals surface area contributed by atoms with Crippen LogP contribution in [0.1, 0.15) is 5.82 Å². The number of esters is 1. The van der Waals surface area contributed by atoms with E-state index >= 15 is 0 Å². The molecule has 70 valence electrons. The minimum absolute atomic E-state index is 0.381. The van der Waals surface area contributed by atoms with Crippen LogP contribution < -0.4 is 0 Å². The highest BCUT2D eigenvalue weighted by atomic mass is 127. The summed E-state index contributed by atoms with van der Waals surface area (Å²) in [5, 5.41) is 0. The van der Waals surface area contributed by atoms with Crippen LogP contribution in [0.25, 0.3) is 6.08 Å². The topological polar surface area (TPSA) is 44.1 Å². The van der Waals surface area contributed by atoms with Gasteiger partial charge in [-0.05, 0) is 6.08 Å². The van der Waals surface area contributed by atoms with Crippen LogP contribution in [-0.2, 0) is 9.53 Å². The molecule has 0 N–H and O–H groups in total. The van der Waals surface area contributed by atoms with Crippen LogP contribution in [0.5, 0.6) is 0 Å². The van der Waals surface area contributed by atoms with Crippen molar-refractivity contribution in [2.75, 3.05) is 7.11 Å². The predicted molar refractivity (Wildman–Crippen MR) is 60.3 cm³/mol. The normalized spacial score (nSPS) is 10.6. The molecule has 13 heavy (non-hydrogen) atoms. The van der Waals surface area contributed by atoms with Gasteiger partial charge in [0.05, 0.1) is 7.11 Å². The summed E-state index contributed by atoms with van der Waals surface area (Å²) < 4.78 is 6.28. The molecule has 0 aliphatic heterocycles. The number of hydrogen-bond acceptors (Lipinski definition) is 4. The van der Waals surface area contributed by atoms with Crippen molar-refractivity contribution in [1.82, 2.24) is 8.96 Å². The first kappa shape index (κ1) is 10.6. The van der Waals surface area contributed by atoms with E-state index in [-0.39, 0.29) is 5.97 Å². The molecule has 0 aromatic carbocycles. The highest BCUT2D eigenvalue weighted by Crippen LogP contribution is 2.17. The maximum Gasteiger partial charge on any atom is 0.330 e. The molecule has 6 heteroatoms. The van der Waals surface area contributed by atoms with Gasteiger partial charge in [0.1, 0.15) is 5.82 Å². The van der Waals surface area contributed by atoms with Crippen LogP contribution in [0.3, 0.4) is 0 Å². The number of carbonyl (C=O) groups excluding carboxylic acids is 1. The Hall–Kier alpha value is -0.500. The Morgan fingerprint density at radius 3 is 3.23 bits per heavy atom. The second-order valence-corrected chi connectivity index (χ2v) is 3.75. The second kappa shape index (κ2) is 5.28. The lowest BCUT2D eigenvalue weighted by Gasteiger charge is -1.95. The smallest absolute Gasteiger partial charge is 0.330 e. The van der Waals surface area contributed by atoms with Crippen molar-refractivity contribution in [2.45, 2.75) is 0 Å². The summed E-state index contributed by atoms with van der Waals surface area (Å²) in [7, 11) is 2.82. The number of aromatic nitrogens is 2. The van der Waals surface area contributed by atoms with Crippen molar-refractivity contribution < 1.29 is 9.53 Å². The number of rotatable bonds is 3. The van der Waals surface area contributed by atoms with Gasteiger partial charge in [0.2, 0.25) is 0 Å². The fourth-order valence-electron chi connectivity index (χ4n) is 0.689. The zero-order chi connectivity index (χ0) is 9.68. The summed E-state index contributed by atoms with van der Waals surface area (Å²) in [6, 6.07) is 0. The van der Waals surface area contributed by atoms with Gasteiger partial charge < -0.3 is 4.74 Å². The predicted octanol–water partition coefficient (Wildman–Crippen LogP) is 1.92. The fourth-order valence-corrected chi connectivity index (χ4v) is 1.97. The molecule has 0 fully saturated rings. The van der Waals surface area contributed by atoms with Crippen LogP contribution >= 0.6 is 30.3 Å². The molecule has 0 saturated carbocycles.